The van der Waals surface area contributed by atoms with Crippen LogP contribution in [0, 0.1) is 0 Å². The Morgan fingerprint density at radius 2 is 1.83 bits per heavy atom. The van der Waals surface area contributed by atoms with Crippen LogP contribution in [0.25, 0.3) is 11.4 Å². The van der Waals surface area contributed by atoms with Crippen molar-refractivity contribution in [3.63, 3.8) is 0 Å². The molecule has 2 rings (SSSR count). The SMILES string of the molecule is CCn1nc(-c2ccc(Br)cc2)nc1C(F)(F)F. The molecule has 0 saturated heterocycles. The van der Waals surface area contributed by atoms with E-state index in [4.69, 9.17) is 0 Å². The molecule has 1 aromatic carbocycles. The molecule has 0 aliphatic heterocycles. The number of benzene rings is 1. The summed E-state index contributed by atoms with van der Waals surface area (Å²) in [4.78, 5) is 3.56. The van der Waals surface area contributed by atoms with Gasteiger partial charge in [0.05, 0.1) is 0 Å². The second-order valence-electron chi connectivity index (χ2n) is 3.58. The summed E-state index contributed by atoms with van der Waals surface area (Å²) < 4.78 is 39.8. The van der Waals surface area contributed by atoms with Crippen molar-refractivity contribution in [2.45, 2.75) is 19.6 Å². The van der Waals surface area contributed by atoms with Crippen molar-refractivity contribution >= 4 is 15.9 Å². The van der Waals surface area contributed by atoms with Crippen LogP contribution in [0.15, 0.2) is 28.7 Å². The van der Waals surface area contributed by atoms with Gasteiger partial charge < -0.3 is 0 Å². The van der Waals surface area contributed by atoms with Gasteiger partial charge in [0.2, 0.25) is 5.82 Å². The maximum Gasteiger partial charge on any atom is 0.451 e. The van der Waals surface area contributed by atoms with Crippen molar-refractivity contribution in [3.8, 4) is 11.4 Å². The number of hydrogen-bond acceptors (Lipinski definition) is 2. The average Bonchev–Trinajstić information content (AvgIpc) is 2.73. The van der Waals surface area contributed by atoms with Crippen molar-refractivity contribution in [2.75, 3.05) is 0 Å². The molecule has 0 saturated carbocycles. The number of aromatic nitrogens is 3. The zero-order valence-electron chi connectivity index (χ0n) is 9.37. The van der Waals surface area contributed by atoms with Crippen LogP contribution in [-0.2, 0) is 12.7 Å². The number of alkyl halides is 3. The van der Waals surface area contributed by atoms with Gasteiger partial charge in [0.25, 0.3) is 0 Å². The molecule has 96 valence electrons. The maximum atomic E-state index is 12.7. The van der Waals surface area contributed by atoms with Gasteiger partial charge in [-0.15, -0.1) is 0 Å². The van der Waals surface area contributed by atoms with E-state index in [1.54, 1.807) is 31.2 Å². The lowest BCUT2D eigenvalue weighted by Gasteiger charge is -2.04. The van der Waals surface area contributed by atoms with E-state index < -0.39 is 12.0 Å². The zero-order valence-corrected chi connectivity index (χ0v) is 11.0. The van der Waals surface area contributed by atoms with E-state index in [2.05, 4.69) is 26.0 Å². The van der Waals surface area contributed by atoms with Gasteiger partial charge in [0.15, 0.2) is 5.82 Å². The minimum atomic E-state index is -4.49. The number of rotatable bonds is 2. The van der Waals surface area contributed by atoms with Gasteiger partial charge in [-0.25, -0.2) is 9.67 Å². The van der Waals surface area contributed by atoms with Gasteiger partial charge >= 0.3 is 6.18 Å². The molecule has 0 aliphatic carbocycles. The molecule has 0 unspecified atom stereocenters. The molecule has 0 atom stereocenters. The van der Waals surface area contributed by atoms with E-state index in [1.165, 1.54) is 0 Å². The molecule has 0 bridgehead atoms. The van der Waals surface area contributed by atoms with Crippen LogP contribution < -0.4 is 0 Å². The molecule has 3 nitrogen and oxygen atoms in total. The molecule has 0 amide bonds. The number of aryl methyl sites for hydroxylation is 1. The summed E-state index contributed by atoms with van der Waals surface area (Å²) in [5, 5.41) is 3.87. The Balaban J connectivity index is 2.47. The van der Waals surface area contributed by atoms with Crippen molar-refractivity contribution in [2.24, 2.45) is 0 Å². The van der Waals surface area contributed by atoms with Crippen LogP contribution in [0.3, 0.4) is 0 Å². The molecule has 0 aliphatic rings. The first-order chi connectivity index (χ1) is 8.41. The van der Waals surface area contributed by atoms with Gasteiger partial charge in [-0.3, -0.25) is 0 Å². The van der Waals surface area contributed by atoms with Crippen LogP contribution in [0.4, 0.5) is 13.2 Å². The Hall–Kier alpha value is -1.37. The maximum absolute atomic E-state index is 12.7. The van der Waals surface area contributed by atoms with Gasteiger partial charge in [-0.1, -0.05) is 28.1 Å². The fourth-order valence-electron chi connectivity index (χ4n) is 1.49. The third kappa shape index (κ3) is 2.55. The van der Waals surface area contributed by atoms with Gasteiger partial charge in [0.1, 0.15) is 0 Å². The summed E-state index contributed by atoms with van der Waals surface area (Å²) in [6.07, 6.45) is -4.49. The number of halogens is 4. The highest BCUT2D eigenvalue weighted by molar-refractivity contribution is 9.10. The van der Waals surface area contributed by atoms with E-state index >= 15 is 0 Å². The van der Waals surface area contributed by atoms with Crippen LogP contribution in [0.1, 0.15) is 12.7 Å². The second-order valence-corrected chi connectivity index (χ2v) is 4.50. The summed E-state index contributed by atoms with van der Waals surface area (Å²) in [7, 11) is 0. The molecule has 0 spiro atoms. The molecule has 2 aromatic rings. The molecular formula is C11H9BrF3N3. The first-order valence-corrected chi connectivity index (χ1v) is 5.99. The lowest BCUT2D eigenvalue weighted by Crippen LogP contribution is -2.15. The Labute approximate surface area is 110 Å². The van der Waals surface area contributed by atoms with E-state index in [-0.39, 0.29) is 12.4 Å². The zero-order chi connectivity index (χ0) is 13.3. The average molecular weight is 320 g/mol. The fraction of sp³-hybridized carbons (Fsp3) is 0.273. The van der Waals surface area contributed by atoms with Crippen LogP contribution in [0.2, 0.25) is 0 Å². The van der Waals surface area contributed by atoms with Gasteiger partial charge in [-0.2, -0.15) is 18.3 Å². The minimum absolute atomic E-state index is 0.0803. The van der Waals surface area contributed by atoms with E-state index in [9.17, 15) is 13.2 Å². The molecule has 7 heteroatoms. The smallest absolute Gasteiger partial charge is 0.242 e. The summed E-state index contributed by atoms with van der Waals surface area (Å²) in [5.41, 5.74) is 0.552. The van der Waals surface area contributed by atoms with Gasteiger partial charge in [-0.05, 0) is 19.1 Å². The predicted molar refractivity (Wildman–Crippen MR) is 63.8 cm³/mol. The highest BCUT2D eigenvalue weighted by atomic mass is 79.9. The quantitative estimate of drug-likeness (QED) is 0.844. The minimum Gasteiger partial charge on any atom is -0.242 e. The summed E-state index contributed by atoms with van der Waals surface area (Å²) >= 11 is 3.26. The Morgan fingerprint density at radius 1 is 1.22 bits per heavy atom. The third-order valence-electron chi connectivity index (χ3n) is 2.33. The topological polar surface area (TPSA) is 30.7 Å². The van der Waals surface area contributed by atoms with Gasteiger partial charge in [0, 0.05) is 16.6 Å². The Kier molecular flexibility index (Phi) is 3.43. The van der Waals surface area contributed by atoms with E-state index in [0.717, 1.165) is 9.15 Å². The first-order valence-electron chi connectivity index (χ1n) is 5.20. The van der Waals surface area contributed by atoms with E-state index in [1.807, 2.05) is 0 Å². The highest BCUT2D eigenvalue weighted by Gasteiger charge is 2.37. The molecule has 1 heterocycles. The Bertz CT molecular complexity index is 546. The highest BCUT2D eigenvalue weighted by Crippen LogP contribution is 2.29. The van der Waals surface area contributed by atoms with Crippen molar-refractivity contribution in [1.29, 1.82) is 0 Å². The number of hydrogen-bond donors (Lipinski definition) is 0. The molecule has 18 heavy (non-hydrogen) atoms. The summed E-state index contributed by atoms with van der Waals surface area (Å²) in [5.74, 6) is -0.889. The van der Waals surface area contributed by atoms with E-state index in [0.29, 0.717) is 5.56 Å². The number of nitrogens with zero attached hydrogens (tertiary/aromatic N) is 3. The van der Waals surface area contributed by atoms with Crippen LogP contribution in [-0.4, -0.2) is 14.8 Å². The first kappa shape index (κ1) is 13.1. The molecule has 1 aromatic heterocycles. The standard InChI is InChI=1S/C11H9BrF3N3/c1-2-18-10(11(13,14)15)16-9(17-18)7-3-5-8(12)6-4-7/h3-6H,2H2,1H3. The van der Waals surface area contributed by atoms with Crippen molar-refractivity contribution in [3.05, 3.63) is 34.6 Å². The lowest BCUT2D eigenvalue weighted by molar-refractivity contribution is -0.147. The fourth-order valence-corrected chi connectivity index (χ4v) is 1.76. The third-order valence-corrected chi connectivity index (χ3v) is 2.86. The van der Waals surface area contributed by atoms with Crippen LogP contribution in [0.5, 0.6) is 0 Å². The summed E-state index contributed by atoms with van der Waals surface area (Å²) in [6.45, 7) is 1.72. The van der Waals surface area contributed by atoms with Crippen molar-refractivity contribution < 1.29 is 13.2 Å². The molecule has 0 fully saturated rings. The van der Waals surface area contributed by atoms with Crippen molar-refractivity contribution in [1.82, 2.24) is 14.8 Å². The Morgan fingerprint density at radius 3 is 2.28 bits per heavy atom. The monoisotopic (exact) mass is 319 g/mol. The summed E-state index contributed by atoms with van der Waals surface area (Å²) in [6, 6.07) is 6.80. The molecule has 0 N–H and O–H groups in total. The lowest BCUT2D eigenvalue weighted by atomic mass is 10.2. The molecule has 0 radical (unpaired) electrons. The second kappa shape index (κ2) is 4.72. The largest absolute Gasteiger partial charge is 0.451 e. The normalized spacial score (nSPS) is 11.8. The molecular weight excluding hydrogens is 311 g/mol. The predicted octanol–water partition coefficient (Wildman–Crippen LogP) is 3.75. The van der Waals surface area contributed by atoms with Crippen LogP contribution >= 0.6 is 15.9 Å².